The number of carbonyl (C=O) groups excluding carboxylic acids is 1. The lowest BCUT2D eigenvalue weighted by Crippen LogP contribution is -2.20. The van der Waals surface area contributed by atoms with Gasteiger partial charge in [-0.15, -0.1) is 0 Å². The molecule has 1 aromatic heterocycles. The van der Waals surface area contributed by atoms with Gasteiger partial charge in [-0.3, -0.25) is 4.79 Å². The van der Waals surface area contributed by atoms with Crippen molar-refractivity contribution in [2.24, 2.45) is 0 Å². The van der Waals surface area contributed by atoms with Crippen molar-refractivity contribution in [1.82, 2.24) is 9.97 Å². The van der Waals surface area contributed by atoms with E-state index in [1.807, 2.05) is 24.3 Å². The van der Waals surface area contributed by atoms with Gasteiger partial charge in [0.15, 0.2) is 0 Å². The fourth-order valence-electron chi connectivity index (χ4n) is 3.43. The van der Waals surface area contributed by atoms with Crippen LogP contribution in [0.25, 0.3) is 0 Å². The van der Waals surface area contributed by atoms with E-state index in [-0.39, 0.29) is 5.91 Å². The Morgan fingerprint density at radius 1 is 1.04 bits per heavy atom. The van der Waals surface area contributed by atoms with Gasteiger partial charge in [0.25, 0.3) is 5.91 Å². The molecule has 1 amide bonds. The molecule has 26 heavy (non-hydrogen) atoms. The maximum Gasteiger partial charge on any atom is 0.258 e. The van der Waals surface area contributed by atoms with Crippen LogP contribution < -0.4 is 10.6 Å². The molecule has 5 heteroatoms. The van der Waals surface area contributed by atoms with Gasteiger partial charge in [-0.25, -0.2) is 9.97 Å². The van der Waals surface area contributed by atoms with Crippen molar-refractivity contribution in [1.29, 1.82) is 0 Å². The van der Waals surface area contributed by atoms with Gasteiger partial charge in [-0.2, -0.15) is 0 Å². The zero-order valence-electron chi connectivity index (χ0n) is 15.7. The molecule has 0 radical (unpaired) electrons. The summed E-state index contributed by atoms with van der Waals surface area (Å²) in [4.78, 5) is 21.2. The van der Waals surface area contributed by atoms with Gasteiger partial charge in [0.1, 0.15) is 0 Å². The first kappa shape index (κ1) is 18.4. The highest BCUT2D eigenvalue weighted by molar-refractivity contribution is 6.04. The van der Waals surface area contributed by atoms with Crippen molar-refractivity contribution in [3.8, 4) is 0 Å². The lowest BCUT2D eigenvalue weighted by molar-refractivity contribution is 0.102. The predicted octanol–water partition coefficient (Wildman–Crippen LogP) is 4.99. The van der Waals surface area contributed by atoms with Gasteiger partial charge in [-0.1, -0.05) is 57.7 Å². The summed E-state index contributed by atoms with van der Waals surface area (Å²) in [5, 5.41) is 6.38. The van der Waals surface area contributed by atoms with Crippen molar-refractivity contribution in [2.75, 3.05) is 10.6 Å². The lowest BCUT2D eigenvalue weighted by Gasteiger charge is -2.16. The number of nitrogens with zero attached hydrogens (tertiary/aromatic N) is 2. The summed E-state index contributed by atoms with van der Waals surface area (Å²) < 4.78 is 0. The number of nitrogens with one attached hydrogen (secondary N) is 2. The maximum atomic E-state index is 12.5. The van der Waals surface area contributed by atoms with E-state index in [9.17, 15) is 4.79 Å². The van der Waals surface area contributed by atoms with E-state index in [0.717, 1.165) is 24.1 Å². The van der Waals surface area contributed by atoms with Gasteiger partial charge in [-0.05, 0) is 30.4 Å². The van der Waals surface area contributed by atoms with Crippen molar-refractivity contribution < 1.29 is 4.79 Å². The minimum atomic E-state index is -0.181. The van der Waals surface area contributed by atoms with Crippen molar-refractivity contribution in [2.45, 2.75) is 64.3 Å². The summed E-state index contributed by atoms with van der Waals surface area (Å²) in [6.45, 7) is 4.23. The first-order chi connectivity index (χ1) is 12.6. The molecule has 1 heterocycles. The Morgan fingerprint density at radius 3 is 2.35 bits per heavy atom. The minimum absolute atomic E-state index is 0.181. The molecule has 0 saturated heterocycles. The Balaban J connectivity index is 1.64. The van der Waals surface area contributed by atoms with Gasteiger partial charge >= 0.3 is 0 Å². The van der Waals surface area contributed by atoms with Crippen LogP contribution in [0, 0.1) is 0 Å². The molecule has 1 saturated carbocycles. The Morgan fingerprint density at radius 2 is 1.69 bits per heavy atom. The molecular formula is C21H28N4O. The average molecular weight is 352 g/mol. The zero-order valence-corrected chi connectivity index (χ0v) is 15.7. The molecule has 0 unspecified atom stereocenters. The largest absolute Gasteiger partial charge is 0.351 e. The predicted molar refractivity (Wildman–Crippen MR) is 106 cm³/mol. The third-order valence-electron chi connectivity index (χ3n) is 4.93. The van der Waals surface area contributed by atoms with Crippen molar-refractivity contribution in [3.63, 3.8) is 0 Å². The van der Waals surface area contributed by atoms with Crippen LogP contribution in [0.3, 0.4) is 0 Å². The maximum absolute atomic E-state index is 12.5. The second kappa shape index (κ2) is 8.79. The highest BCUT2D eigenvalue weighted by Gasteiger charge is 2.15. The highest BCUT2D eigenvalue weighted by Crippen LogP contribution is 2.24. The normalized spacial score (nSPS) is 15.5. The second-order valence-corrected chi connectivity index (χ2v) is 7.32. The first-order valence-electron chi connectivity index (χ1n) is 9.62. The summed E-state index contributed by atoms with van der Waals surface area (Å²) in [5.74, 6) is 0.768. The fourth-order valence-corrected chi connectivity index (χ4v) is 3.43. The number of rotatable bonds is 5. The first-order valence-corrected chi connectivity index (χ1v) is 9.62. The van der Waals surface area contributed by atoms with Crippen LogP contribution in [-0.4, -0.2) is 21.9 Å². The van der Waals surface area contributed by atoms with E-state index in [2.05, 4.69) is 34.4 Å². The Hall–Kier alpha value is -2.43. The summed E-state index contributed by atoms with van der Waals surface area (Å²) in [5.41, 5.74) is 2.43. The van der Waals surface area contributed by atoms with Crippen LogP contribution in [0.15, 0.2) is 36.7 Å². The second-order valence-electron chi connectivity index (χ2n) is 7.32. The van der Waals surface area contributed by atoms with Gasteiger partial charge in [0.05, 0.1) is 5.56 Å². The van der Waals surface area contributed by atoms with Crippen LogP contribution in [0.1, 0.15) is 74.2 Å². The molecule has 0 spiro atoms. The molecule has 2 aromatic rings. The van der Waals surface area contributed by atoms with E-state index in [1.165, 1.54) is 25.7 Å². The van der Waals surface area contributed by atoms with Crippen LogP contribution in [0.2, 0.25) is 0 Å². The number of benzene rings is 1. The smallest absolute Gasteiger partial charge is 0.258 e. The van der Waals surface area contributed by atoms with Crippen molar-refractivity contribution in [3.05, 3.63) is 47.8 Å². The summed E-state index contributed by atoms with van der Waals surface area (Å²) in [6, 6.07) is 8.32. The van der Waals surface area contributed by atoms with Gasteiger partial charge in [0, 0.05) is 24.1 Å². The molecule has 1 aromatic carbocycles. The third-order valence-corrected chi connectivity index (χ3v) is 4.93. The van der Waals surface area contributed by atoms with Crippen molar-refractivity contribution >= 4 is 17.5 Å². The van der Waals surface area contributed by atoms with E-state index < -0.39 is 0 Å². The van der Waals surface area contributed by atoms with E-state index in [0.29, 0.717) is 23.5 Å². The fraction of sp³-hybridized carbons (Fsp3) is 0.476. The Labute approximate surface area is 155 Å². The molecule has 5 nitrogen and oxygen atoms in total. The molecule has 0 aliphatic heterocycles. The van der Waals surface area contributed by atoms with Crippen LogP contribution in [0.4, 0.5) is 11.6 Å². The summed E-state index contributed by atoms with van der Waals surface area (Å²) in [6.07, 6.45) is 10.7. The molecule has 3 rings (SSSR count). The topological polar surface area (TPSA) is 66.9 Å². The highest BCUT2D eigenvalue weighted by atomic mass is 16.1. The van der Waals surface area contributed by atoms with Crippen LogP contribution in [-0.2, 0) is 0 Å². The standard InChI is InChI=1S/C21H28N4O/c1-15(2)18-11-7-8-12-19(18)25-20(26)16-13-22-21(23-14-16)24-17-9-5-3-4-6-10-17/h7-8,11-15,17H,3-6,9-10H2,1-2H3,(H,25,26)(H,22,23,24). The number of carbonyl (C=O) groups is 1. The number of anilines is 2. The molecule has 138 valence electrons. The molecule has 0 bridgehead atoms. The average Bonchev–Trinajstić information content (AvgIpc) is 2.91. The molecule has 1 aliphatic rings. The quantitative estimate of drug-likeness (QED) is 0.744. The van der Waals surface area contributed by atoms with E-state index in [4.69, 9.17) is 0 Å². The van der Waals surface area contributed by atoms with Gasteiger partial charge < -0.3 is 10.6 Å². The van der Waals surface area contributed by atoms with Crippen LogP contribution in [0.5, 0.6) is 0 Å². The number of hydrogen-bond acceptors (Lipinski definition) is 4. The zero-order chi connectivity index (χ0) is 18.4. The third kappa shape index (κ3) is 4.81. The molecule has 1 aliphatic carbocycles. The van der Waals surface area contributed by atoms with Gasteiger partial charge in [0.2, 0.25) is 5.95 Å². The monoisotopic (exact) mass is 352 g/mol. The number of para-hydroxylation sites is 1. The summed E-state index contributed by atoms with van der Waals surface area (Å²) >= 11 is 0. The molecular weight excluding hydrogens is 324 g/mol. The Bertz CT molecular complexity index is 719. The van der Waals surface area contributed by atoms with Crippen LogP contribution >= 0.6 is 0 Å². The number of hydrogen-bond donors (Lipinski definition) is 2. The molecule has 2 N–H and O–H groups in total. The minimum Gasteiger partial charge on any atom is -0.351 e. The molecule has 0 atom stereocenters. The van der Waals surface area contributed by atoms with E-state index in [1.54, 1.807) is 12.4 Å². The number of aromatic nitrogens is 2. The van der Waals surface area contributed by atoms with E-state index >= 15 is 0 Å². The molecule has 1 fully saturated rings. The SMILES string of the molecule is CC(C)c1ccccc1NC(=O)c1cnc(NC2CCCCCC2)nc1. The number of amides is 1. The summed E-state index contributed by atoms with van der Waals surface area (Å²) in [7, 11) is 0. The lowest BCUT2D eigenvalue weighted by atomic mass is 10.0. The Kier molecular flexibility index (Phi) is 6.21.